The van der Waals surface area contributed by atoms with Gasteiger partial charge in [-0.2, -0.15) is 0 Å². The second kappa shape index (κ2) is 13.0. The van der Waals surface area contributed by atoms with Crippen LogP contribution >= 0.6 is 0 Å². The Hall–Kier alpha value is -2.62. The molecule has 2 atom stereocenters. The van der Waals surface area contributed by atoms with Crippen LogP contribution < -0.4 is 0 Å². The van der Waals surface area contributed by atoms with Crippen molar-refractivity contribution in [3.8, 4) is 0 Å². The molecule has 0 spiro atoms. The van der Waals surface area contributed by atoms with Crippen molar-refractivity contribution < 1.29 is 9.47 Å². The summed E-state index contributed by atoms with van der Waals surface area (Å²) >= 11 is 0. The lowest BCUT2D eigenvalue weighted by atomic mass is 9.71. The summed E-state index contributed by atoms with van der Waals surface area (Å²) in [7, 11) is 0. The fourth-order valence-electron chi connectivity index (χ4n) is 6.46. The van der Waals surface area contributed by atoms with Crippen molar-refractivity contribution in [3.05, 3.63) is 69.8 Å². The van der Waals surface area contributed by atoms with Gasteiger partial charge >= 0.3 is 0 Å². The summed E-state index contributed by atoms with van der Waals surface area (Å²) in [5, 5.41) is 0. The number of aliphatic imine (C=N–C) groups is 2. The van der Waals surface area contributed by atoms with Crippen molar-refractivity contribution in [2.45, 2.75) is 157 Å². The molecule has 0 saturated carbocycles. The highest BCUT2D eigenvalue weighted by atomic mass is 16.5. The second-order valence-electron chi connectivity index (χ2n) is 19.4. The van der Waals surface area contributed by atoms with Crippen molar-refractivity contribution in [3.63, 3.8) is 0 Å². The normalized spacial score (nSPS) is 19.6. The lowest BCUT2D eigenvalue weighted by molar-refractivity contribution is 0.236. The molecule has 0 unspecified atom stereocenters. The Labute approximate surface area is 288 Å². The quantitative estimate of drug-likeness (QED) is 0.288. The van der Waals surface area contributed by atoms with Gasteiger partial charge in [0.1, 0.15) is 18.6 Å². The molecule has 4 rings (SSSR count). The van der Waals surface area contributed by atoms with E-state index in [1.807, 2.05) is 0 Å². The molecule has 2 aromatic rings. The molecule has 4 heteroatoms. The fourth-order valence-corrected chi connectivity index (χ4v) is 6.46. The Morgan fingerprint density at radius 3 is 1.00 bits per heavy atom. The van der Waals surface area contributed by atoms with Crippen molar-refractivity contribution in [2.24, 2.45) is 27.2 Å². The van der Waals surface area contributed by atoms with Gasteiger partial charge < -0.3 is 9.47 Å². The molecule has 0 bridgehead atoms. The molecule has 260 valence electrons. The Bertz CT molecular complexity index is 1300. The van der Waals surface area contributed by atoms with Gasteiger partial charge in [-0.05, 0) is 79.7 Å². The van der Waals surface area contributed by atoms with Gasteiger partial charge in [0.2, 0.25) is 0 Å². The van der Waals surface area contributed by atoms with E-state index in [4.69, 9.17) is 19.5 Å². The first-order valence-electron chi connectivity index (χ1n) is 18.1. The minimum Gasteiger partial charge on any atom is -0.478 e. The maximum atomic E-state index is 6.72. The molecule has 2 aliphatic heterocycles. The molecule has 2 heterocycles. The lowest BCUT2D eigenvalue weighted by Gasteiger charge is -2.35. The minimum atomic E-state index is -0.676. The summed E-state index contributed by atoms with van der Waals surface area (Å²) in [6.45, 7) is 37.9. The molecule has 4 nitrogen and oxygen atoms in total. The van der Waals surface area contributed by atoms with Gasteiger partial charge in [0.15, 0.2) is 11.8 Å². The van der Waals surface area contributed by atoms with E-state index < -0.39 is 5.41 Å². The molecule has 0 radical (unpaired) electrons. The number of nitrogens with zero attached hydrogens (tertiary/aromatic N) is 2. The van der Waals surface area contributed by atoms with E-state index in [1.54, 1.807) is 0 Å². The van der Waals surface area contributed by atoms with E-state index in [9.17, 15) is 0 Å². The molecule has 0 N–H and O–H groups in total. The third-order valence-corrected chi connectivity index (χ3v) is 10.2. The second-order valence-corrected chi connectivity index (χ2v) is 19.4. The predicted molar refractivity (Wildman–Crippen MR) is 202 cm³/mol. The highest BCUT2D eigenvalue weighted by Gasteiger charge is 2.50. The molecule has 0 aliphatic carbocycles. The third-order valence-electron chi connectivity index (χ3n) is 10.2. The summed E-state index contributed by atoms with van der Waals surface area (Å²) in [5.74, 6) is 2.34. The van der Waals surface area contributed by atoms with Gasteiger partial charge in [-0.25, -0.2) is 9.98 Å². The average Bonchev–Trinajstić information content (AvgIpc) is 3.62. The zero-order chi connectivity index (χ0) is 35.3. The average molecular weight is 643 g/mol. The molecule has 0 fully saturated rings. The van der Waals surface area contributed by atoms with Gasteiger partial charge in [0, 0.05) is 0 Å². The first-order valence-corrected chi connectivity index (χ1v) is 18.1. The van der Waals surface area contributed by atoms with Crippen molar-refractivity contribution in [1.29, 1.82) is 0 Å². The van der Waals surface area contributed by atoms with Gasteiger partial charge in [0.05, 0.1) is 12.1 Å². The highest BCUT2D eigenvalue weighted by Crippen LogP contribution is 2.42. The summed E-state index contributed by atoms with van der Waals surface area (Å²) in [6, 6.07) is 14.7. The van der Waals surface area contributed by atoms with Crippen LogP contribution in [0.1, 0.15) is 144 Å². The summed E-state index contributed by atoms with van der Waals surface area (Å²) in [6.07, 6.45) is 1.41. The molecule has 2 aromatic carbocycles. The number of hydrogen-bond donors (Lipinski definition) is 0. The topological polar surface area (TPSA) is 43.2 Å². The van der Waals surface area contributed by atoms with E-state index in [0.29, 0.717) is 37.9 Å². The van der Waals surface area contributed by atoms with Crippen LogP contribution in [0.5, 0.6) is 0 Å². The molecule has 0 aromatic heterocycles. The van der Waals surface area contributed by atoms with Crippen molar-refractivity contribution >= 4 is 11.8 Å². The first kappa shape index (κ1) is 37.2. The van der Waals surface area contributed by atoms with E-state index >= 15 is 0 Å². The lowest BCUT2D eigenvalue weighted by Crippen LogP contribution is -2.44. The third kappa shape index (κ3) is 8.52. The van der Waals surface area contributed by atoms with Crippen LogP contribution in [0.4, 0.5) is 0 Å². The van der Waals surface area contributed by atoms with E-state index in [2.05, 4.69) is 147 Å². The Morgan fingerprint density at radius 2 is 0.787 bits per heavy atom. The maximum Gasteiger partial charge on any atom is 0.200 e. The van der Waals surface area contributed by atoms with Crippen LogP contribution in [0.3, 0.4) is 0 Å². The van der Waals surface area contributed by atoms with Gasteiger partial charge in [-0.3, -0.25) is 0 Å². The van der Waals surface area contributed by atoms with Gasteiger partial charge in [-0.15, -0.1) is 0 Å². The molecular formula is C43H66N2O2. The van der Waals surface area contributed by atoms with Crippen LogP contribution in [0.25, 0.3) is 0 Å². The maximum absolute atomic E-state index is 6.72. The predicted octanol–water partition coefficient (Wildman–Crippen LogP) is 10.6. The van der Waals surface area contributed by atoms with Gasteiger partial charge in [0.25, 0.3) is 0 Å². The molecular weight excluding hydrogens is 576 g/mol. The zero-order valence-corrected chi connectivity index (χ0v) is 32.8. The standard InChI is InChI=1S/C43H66N2O2/c1-27(2)35-25-46-37(44-35)43(38-45-36(26-47-38)28(3)4,23-29-17-31(39(5,6)7)21-32(18-29)40(8,9)10)24-30-19-33(41(11,12)13)22-34(20-30)42(14,15)16/h17-22,27-28,35-36H,23-26H2,1-16H3/t35-,36-/m1/s1. The Kier molecular flexibility index (Phi) is 10.3. The molecule has 0 amide bonds. The smallest absolute Gasteiger partial charge is 0.200 e. The SMILES string of the molecule is CC(C)[C@H]1COC(C(Cc2cc(C(C)(C)C)cc(C(C)(C)C)c2)(Cc2cc(C(C)(C)C)cc(C(C)(C)C)c2)C2=N[C@@H](C(C)C)CO2)=N1. The van der Waals surface area contributed by atoms with E-state index in [1.165, 1.54) is 33.4 Å². The largest absolute Gasteiger partial charge is 0.478 e. The van der Waals surface area contributed by atoms with Crippen LogP contribution in [-0.2, 0) is 44.0 Å². The van der Waals surface area contributed by atoms with Crippen LogP contribution in [0, 0.1) is 17.3 Å². The van der Waals surface area contributed by atoms with Crippen LogP contribution in [0.2, 0.25) is 0 Å². The number of rotatable bonds is 8. The Morgan fingerprint density at radius 1 is 0.511 bits per heavy atom. The molecule has 2 aliphatic rings. The first-order chi connectivity index (χ1) is 21.4. The highest BCUT2D eigenvalue weighted by molar-refractivity contribution is 6.07. The van der Waals surface area contributed by atoms with E-state index in [0.717, 1.165) is 11.8 Å². The molecule has 47 heavy (non-hydrogen) atoms. The van der Waals surface area contributed by atoms with E-state index in [-0.39, 0.29) is 33.7 Å². The number of hydrogen-bond acceptors (Lipinski definition) is 4. The summed E-state index contributed by atoms with van der Waals surface area (Å²) < 4.78 is 13.4. The Balaban J connectivity index is 2.05. The van der Waals surface area contributed by atoms with Crippen molar-refractivity contribution in [2.75, 3.05) is 13.2 Å². The summed E-state index contributed by atoms with van der Waals surface area (Å²) in [4.78, 5) is 10.8. The number of benzene rings is 2. The zero-order valence-electron chi connectivity index (χ0n) is 32.8. The minimum absolute atomic E-state index is 0.00947. The van der Waals surface area contributed by atoms with Crippen molar-refractivity contribution in [1.82, 2.24) is 0 Å². The van der Waals surface area contributed by atoms with Gasteiger partial charge in [-0.1, -0.05) is 147 Å². The van der Waals surface area contributed by atoms with Crippen LogP contribution in [0.15, 0.2) is 46.4 Å². The molecule has 0 saturated heterocycles. The van der Waals surface area contributed by atoms with Crippen LogP contribution in [-0.4, -0.2) is 37.1 Å². The monoisotopic (exact) mass is 643 g/mol. The summed E-state index contributed by atoms with van der Waals surface area (Å²) in [5.41, 5.74) is 7.32. The number of ether oxygens (including phenoxy) is 2. The fraction of sp³-hybridized carbons (Fsp3) is 0.674.